The van der Waals surface area contributed by atoms with Crippen molar-refractivity contribution < 1.29 is 9.18 Å². The zero-order valence-corrected chi connectivity index (χ0v) is 21.9. The summed E-state index contributed by atoms with van der Waals surface area (Å²) < 4.78 is 15.5. The molecule has 1 saturated carbocycles. The summed E-state index contributed by atoms with van der Waals surface area (Å²) in [6.07, 6.45) is 11.0. The Morgan fingerprint density at radius 1 is 1.06 bits per heavy atom. The van der Waals surface area contributed by atoms with E-state index in [2.05, 4.69) is 40.5 Å². The van der Waals surface area contributed by atoms with Crippen LogP contribution in [0.2, 0.25) is 5.02 Å². The second-order valence-corrected chi connectivity index (χ2v) is 12.2. The fraction of sp³-hybridized carbons (Fsp3) is 0.581. The maximum absolute atomic E-state index is 15.5. The molecule has 5 heteroatoms. The summed E-state index contributed by atoms with van der Waals surface area (Å²) in [6.45, 7) is 2.11. The second-order valence-electron chi connectivity index (χ2n) is 11.7. The summed E-state index contributed by atoms with van der Waals surface area (Å²) in [7, 11) is 0. The van der Waals surface area contributed by atoms with Crippen LogP contribution in [0.15, 0.2) is 42.5 Å². The highest BCUT2D eigenvalue weighted by molar-refractivity contribution is 6.30. The van der Waals surface area contributed by atoms with Gasteiger partial charge in [0.05, 0.1) is 5.92 Å². The van der Waals surface area contributed by atoms with Crippen LogP contribution in [0.25, 0.3) is 0 Å². The van der Waals surface area contributed by atoms with Crippen LogP contribution in [-0.2, 0) is 16.6 Å². The molecule has 2 aliphatic carbocycles. The van der Waals surface area contributed by atoms with Crippen molar-refractivity contribution in [2.45, 2.75) is 81.6 Å². The van der Waals surface area contributed by atoms with Gasteiger partial charge in [-0.15, -0.1) is 0 Å². The first-order valence-corrected chi connectivity index (χ1v) is 14.5. The number of carbonyl (C=O) groups is 1. The van der Waals surface area contributed by atoms with Crippen molar-refractivity contribution in [3.05, 3.63) is 70.0 Å². The largest absolute Gasteiger partial charge is 0.339 e. The topological polar surface area (TPSA) is 32.3 Å². The molecule has 4 aliphatic rings. The first-order chi connectivity index (χ1) is 17.6. The summed E-state index contributed by atoms with van der Waals surface area (Å²) >= 11 is 6.24. The molecule has 1 spiro atoms. The summed E-state index contributed by atoms with van der Waals surface area (Å²) in [5.74, 6) is 0.891. The van der Waals surface area contributed by atoms with E-state index >= 15 is 4.39 Å². The second kappa shape index (κ2) is 10.1. The standard InChI is InChI=1S/C31H38ClFN2O/c32-25-16-24-12-7-14-31(29(24)27(33)18-25)20-34-19-26(31)30(36)35-15-13-23(21-8-3-1-4-9-21)17-28(35)22-10-5-2-6-11-22/h1,3-4,8-9,16,18,22-23,26,28,34H,2,5-7,10-15,17,19-20H2. The number of amides is 1. The van der Waals surface area contributed by atoms with E-state index in [1.165, 1.54) is 43.7 Å². The number of hydrogen-bond donors (Lipinski definition) is 1. The van der Waals surface area contributed by atoms with Crippen molar-refractivity contribution in [3.63, 3.8) is 0 Å². The van der Waals surface area contributed by atoms with Crippen molar-refractivity contribution in [1.82, 2.24) is 10.2 Å². The van der Waals surface area contributed by atoms with Crippen molar-refractivity contribution >= 4 is 17.5 Å². The van der Waals surface area contributed by atoms with E-state index in [1.54, 1.807) is 0 Å². The fourth-order valence-electron chi connectivity index (χ4n) is 8.17. The molecule has 2 heterocycles. The van der Waals surface area contributed by atoms with E-state index in [4.69, 9.17) is 11.6 Å². The SMILES string of the molecule is O=C(C1CNCC12CCCc1cc(Cl)cc(F)c12)N1CCC(c2ccccc2)CC1C1CCCCC1. The average molecular weight is 509 g/mol. The molecule has 3 nitrogen and oxygen atoms in total. The molecule has 6 rings (SSSR count). The molecule has 2 aromatic rings. The third-order valence-electron chi connectivity index (χ3n) is 9.85. The Kier molecular flexibility index (Phi) is 6.85. The van der Waals surface area contributed by atoms with Gasteiger partial charge in [-0.3, -0.25) is 4.79 Å². The summed E-state index contributed by atoms with van der Waals surface area (Å²) in [4.78, 5) is 16.8. The molecule has 2 saturated heterocycles. The molecule has 4 unspecified atom stereocenters. The molecule has 192 valence electrons. The molecule has 1 N–H and O–H groups in total. The number of carbonyl (C=O) groups excluding carboxylic acids is 1. The monoisotopic (exact) mass is 508 g/mol. The lowest BCUT2D eigenvalue weighted by molar-refractivity contribution is -0.143. The minimum Gasteiger partial charge on any atom is -0.339 e. The highest BCUT2D eigenvalue weighted by Crippen LogP contribution is 2.49. The molecule has 2 aliphatic heterocycles. The van der Waals surface area contributed by atoms with Gasteiger partial charge in [0.25, 0.3) is 0 Å². The predicted molar refractivity (Wildman–Crippen MR) is 143 cm³/mol. The number of rotatable bonds is 3. The lowest BCUT2D eigenvalue weighted by atomic mass is 9.63. The van der Waals surface area contributed by atoms with Crippen LogP contribution in [0, 0.1) is 17.7 Å². The summed E-state index contributed by atoms with van der Waals surface area (Å²) in [5, 5.41) is 3.97. The maximum atomic E-state index is 15.5. The molecule has 36 heavy (non-hydrogen) atoms. The normalized spacial score (nSPS) is 30.9. The maximum Gasteiger partial charge on any atom is 0.228 e. The Hall–Kier alpha value is -1.91. The molecule has 0 bridgehead atoms. The lowest BCUT2D eigenvalue weighted by Gasteiger charge is -2.48. The van der Waals surface area contributed by atoms with Crippen LogP contribution in [0.3, 0.4) is 0 Å². The molecule has 2 aromatic carbocycles. The van der Waals surface area contributed by atoms with Crippen LogP contribution in [-0.4, -0.2) is 36.5 Å². The third kappa shape index (κ3) is 4.28. The molecule has 0 radical (unpaired) electrons. The van der Waals surface area contributed by atoms with Gasteiger partial charge in [-0.2, -0.15) is 0 Å². The van der Waals surface area contributed by atoms with Gasteiger partial charge in [-0.1, -0.05) is 61.2 Å². The van der Waals surface area contributed by atoms with E-state index < -0.39 is 5.41 Å². The number of nitrogens with zero attached hydrogens (tertiary/aromatic N) is 1. The Morgan fingerprint density at radius 3 is 2.67 bits per heavy atom. The minimum absolute atomic E-state index is 0.216. The quantitative estimate of drug-likeness (QED) is 0.504. The van der Waals surface area contributed by atoms with Crippen molar-refractivity contribution in [1.29, 1.82) is 0 Å². The zero-order chi connectivity index (χ0) is 24.7. The highest BCUT2D eigenvalue weighted by Gasteiger charge is 2.53. The van der Waals surface area contributed by atoms with Gasteiger partial charge in [0.2, 0.25) is 5.91 Å². The third-order valence-corrected chi connectivity index (χ3v) is 10.1. The van der Waals surface area contributed by atoms with Crippen LogP contribution < -0.4 is 5.32 Å². The van der Waals surface area contributed by atoms with E-state index in [0.29, 0.717) is 29.9 Å². The average Bonchev–Trinajstić information content (AvgIpc) is 3.32. The number of likely N-dealkylation sites (tertiary alicyclic amines) is 1. The van der Waals surface area contributed by atoms with Crippen LogP contribution in [0.5, 0.6) is 0 Å². The summed E-state index contributed by atoms with van der Waals surface area (Å²) in [6, 6.07) is 14.5. The zero-order valence-electron chi connectivity index (χ0n) is 21.2. The van der Waals surface area contributed by atoms with Gasteiger partial charge in [0, 0.05) is 36.1 Å². The Bertz CT molecular complexity index is 1100. The van der Waals surface area contributed by atoms with Crippen molar-refractivity contribution in [2.24, 2.45) is 11.8 Å². The Morgan fingerprint density at radius 2 is 1.86 bits per heavy atom. The molecular formula is C31H38ClFN2O. The molecule has 1 amide bonds. The van der Waals surface area contributed by atoms with Gasteiger partial charge in [0.15, 0.2) is 0 Å². The predicted octanol–water partition coefficient (Wildman–Crippen LogP) is 6.63. The molecular weight excluding hydrogens is 471 g/mol. The Labute approximate surface area is 219 Å². The number of fused-ring (bicyclic) bond motifs is 2. The van der Waals surface area contributed by atoms with Gasteiger partial charge < -0.3 is 10.2 Å². The first kappa shape index (κ1) is 24.4. The molecule has 3 fully saturated rings. The first-order valence-electron chi connectivity index (χ1n) is 14.1. The van der Waals surface area contributed by atoms with Crippen LogP contribution >= 0.6 is 11.6 Å². The fourth-order valence-corrected chi connectivity index (χ4v) is 8.40. The number of benzene rings is 2. The number of halogens is 2. The number of piperidine rings is 1. The lowest BCUT2D eigenvalue weighted by Crippen LogP contribution is -2.55. The minimum atomic E-state index is -0.466. The van der Waals surface area contributed by atoms with Crippen LogP contribution in [0.1, 0.15) is 80.4 Å². The van der Waals surface area contributed by atoms with Gasteiger partial charge in [-0.25, -0.2) is 4.39 Å². The van der Waals surface area contributed by atoms with E-state index in [9.17, 15) is 4.79 Å². The van der Waals surface area contributed by atoms with Gasteiger partial charge >= 0.3 is 0 Å². The van der Waals surface area contributed by atoms with E-state index in [-0.39, 0.29) is 23.7 Å². The van der Waals surface area contributed by atoms with Gasteiger partial charge in [0.1, 0.15) is 5.82 Å². The highest BCUT2D eigenvalue weighted by atomic mass is 35.5. The number of hydrogen-bond acceptors (Lipinski definition) is 2. The van der Waals surface area contributed by atoms with Crippen LogP contribution in [0.4, 0.5) is 4.39 Å². The number of aryl methyl sites for hydroxylation is 1. The van der Waals surface area contributed by atoms with Crippen molar-refractivity contribution in [2.75, 3.05) is 19.6 Å². The Balaban J connectivity index is 1.32. The van der Waals surface area contributed by atoms with E-state index in [1.807, 2.05) is 6.07 Å². The number of nitrogens with one attached hydrogen (secondary N) is 1. The van der Waals surface area contributed by atoms with Gasteiger partial charge in [-0.05, 0) is 85.6 Å². The molecule has 0 aromatic heterocycles. The van der Waals surface area contributed by atoms with Crippen molar-refractivity contribution in [3.8, 4) is 0 Å². The smallest absolute Gasteiger partial charge is 0.228 e. The molecule has 4 atom stereocenters. The summed E-state index contributed by atoms with van der Waals surface area (Å²) in [5.41, 5.74) is 2.70. The van der Waals surface area contributed by atoms with E-state index in [0.717, 1.165) is 49.8 Å².